The number of aliphatic carboxylic acids is 1. The number of carboxylic acid groups (broad SMARTS) is 1. The minimum absolute atomic E-state index is 0.0408. The van der Waals surface area contributed by atoms with E-state index >= 15 is 0 Å². The van der Waals surface area contributed by atoms with Crippen molar-refractivity contribution >= 4 is 11.9 Å². The Morgan fingerprint density at radius 1 is 1.43 bits per heavy atom. The number of nitrogens with one attached hydrogen (secondary N) is 1. The number of carbonyl (C=O) groups excluding carboxylic acids is 1. The second kappa shape index (κ2) is 6.33. The zero-order valence-corrected chi connectivity index (χ0v) is 7.93. The van der Waals surface area contributed by atoms with E-state index in [1.807, 2.05) is 0 Å². The molecule has 0 aromatic heterocycles. The minimum Gasteiger partial charge on any atom is -0.480 e. The summed E-state index contributed by atoms with van der Waals surface area (Å²) in [4.78, 5) is 21.5. The number of carbonyl (C=O) groups is 2. The maximum atomic E-state index is 11.0. The number of aliphatic hydroxyl groups excluding tert-OH is 2. The van der Waals surface area contributed by atoms with Crippen LogP contribution in [0.25, 0.3) is 0 Å². The molecule has 0 saturated heterocycles. The van der Waals surface area contributed by atoms with E-state index < -0.39 is 24.0 Å². The first kappa shape index (κ1) is 12.9. The standard InChI is InChI=1S/C8H15NO5/c1-5(11)4-7(12)9-6(2-3-10)8(13)14/h5-6,10-11H,2-4H2,1H3,(H,9,12)(H,13,14)/t5-,6+/m0/s1. The summed E-state index contributed by atoms with van der Waals surface area (Å²) >= 11 is 0. The van der Waals surface area contributed by atoms with Crippen LogP contribution in [0.15, 0.2) is 0 Å². The molecule has 2 atom stereocenters. The number of carboxylic acids is 1. The molecule has 0 aliphatic rings. The number of hydrogen-bond acceptors (Lipinski definition) is 4. The first-order chi connectivity index (χ1) is 6.47. The Balaban J connectivity index is 4.02. The van der Waals surface area contributed by atoms with Gasteiger partial charge in [-0.3, -0.25) is 4.79 Å². The second-order valence-electron chi connectivity index (χ2n) is 3.02. The maximum Gasteiger partial charge on any atom is 0.326 e. The highest BCUT2D eigenvalue weighted by atomic mass is 16.4. The topological polar surface area (TPSA) is 107 Å². The lowest BCUT2D eigenvalue weighted by Gasteiger charge is -2.13. The Bertz CT molecular complexity index is 204. The highest BCUT2D eigenvalue weighted by Crippen LogP contribution is 1.95. The van der Waals surface area contributed by atoms with Crippen LogP contribution >= 0.6 is 0 Å². The van der Waals surface area contributed by atoms with Crippen LogP contribution in [0.2, 0.25) is 0 Å². The van der Waals surface area contributed by atoms with Crippen LogP contribution < -0.4 is 5.32 Å². The molecule has 14 heavy (non-hydrogen) atoms. The molecule has 0 saturated carbocycles. The fourth-order valence-electron chi connectivity index (χ4n) is 0.908. The molecule has 0 aliphatic carbocycles. The normalized spacial score (nSPS) is 14.5. The quantitative estimate of drug-likeness (QED) is 0.431. The van der Waals surface area contributed by atoms with Crippen LogP contribution in [0, 0.1) is 0 Å². The number of aliphatic hydroxyl groups is 2. The molecule has 6 nitrogen and oxygen atoms in total. The predicted molar refractivity (Wildman–Crippen MR) is 47.6 cm³/mol. The molecule has 0 rings (SSSR count). The van der Waals surface area contributed by atoms with Crippen molar-refractivity contribution in [3.8, 4) is 0 Å². The van der Waals surface area contributed by atoms with Gasteiger partial charge in [0.2, 0.25) is 5.91 Å². The number of hydrogen-bond donors (Lipinski definition) is 4. The smallest absolute Gasteiger partial charge is 0.326 e. The third kappa shape index (κ3) is 5.50. The molecule has 0 fully saturated rings. The van der Waals surface area contributed by atoms with Crippen molar-refractivity contribution in [3.05, 3.63) is 0 Å². The van der Waals surface area contributed by atoms with E-state index in [1.165, 1.54) is 6.92 Å². The van der Waals surface area contributed by atoms with Gasteiger partial charge in [0.1, 0.15) is 6.04 Å². The average molecular weight is 205 g/mol. The summed E-state index contributed by atoms with van der Waals surface area (Å²) in [6.07, 6.45) is -0.991. The summed E-state index contributed by atoms with van der Waals surface area (Å²) in [7, 11) is 0. The number of amides is 1. The molecule has 6 heteroatoms. The van der Waals surface area contributed by atoms with Crippen molar-refractivity contribution < 1.29 is 24.9 Å². The van der Waals surface area contributed by atoms with Gasteiger partial charge in [-0.1, -0.05) is 0 Å². The van der Waals surface area contributed by atoms with Gasteiger partial charge in [-0.25, -0.2) is 4.79 Å². The molecular weight excluding hydrogens is 190 g/mol. The minimum atomic E-state index is -1.20. The lowest BCUT2D eigenvalue weighted by atomic mass is 10.2. The van der Waals surface area contributed by atoms with E-state index in [1.54, 1.807) is 0 Å². The summed E-state index contributed by atoms with van der Waals surface area (Å²) in [5, 5.41) is 28.2. The van der Waals surface area contributed by atoms with E-state index in [9.17, 15) is 9.59 Å². The highest BCUT2D eigenvalue weighted by molar-refractivity contribution is 5.83. The SMILES string of the molecule is C[C@H](O)CC(=O)N[C@H](CCO)C(=O)O. The first-order valence-electron chi connectivity index (χ1n) is 4.28. The van der Waals surface area contributed by atoms with E-state index in [-0.39, 0.29) is 19.4 Å². The second-order valence-corrected chi connectivity index (χ2v) is 3.02. The molecule has 0 heterocycles. The molecule has 0 radical (unpaired) electrons. The molecule has 0 aliphatic heterocycles. The maximum absolute atomic E-state index is 11.0. The van der Waals surface area contributed by atoms with Crippen molar-refractivity contribution in [2.24, 2.45) is 0 Å². The van der Waals surface area contributed by atoms with Crippen LogP contribution in [0.4, 0.5) is 0 Å². The van der Waals surface area contributed by atoms with Gasteiger partial charge < -0.3 is 20.6 Å². The molecule has 0 spiro atoms. The van der Waals surface area contributed by atoms with Crippen LogP contribution in [-0.2, 0) is 9.59 Å². The molecule has 4 N–H and O–H groups in total. The van der Waals surface area contributed by atoms with Crippen molar-refractivity contribution in [3.63, 3.8) is 0 Å². The summed E-state index contributed by atoms with van der Waals surface area (Å²) in [5.74, 6) is -1.74. The van der Waals surface area contributed by atoms with Crippen molar-refractivity contribution in [1.29, 1.82) is 0 Å². The average Bonchev–Trinajstić information content (AvgIpc) is 2.01. The molecule has 0 unspecified atom stereocenters. The molecule has 0 aromatic carbocycles. The van der Waals surface area contributed by atoms with E-state index in [0.717, 1.165) is 0 Å². The zero-order chi connectivity index (χ0) is 11.1. The monoisotopic (exact) mass is 205 g/mol. The van der Waals surface area contributed by atoms with Crippen molar-refractivity contribution in [2.75, 3.05) is 6.61 Å². The summed E-state index contributed by atoms with van der Waals surface area (Å²) in [6, 6.07) is -1.09. The molecule has 82 valence electrons. The van der Waals surface area contributed by atoms with Gasteiger partial charge >= 0.3 is 5.97 Å². The molecule has 1 amide bonds. The van der Waals surface area contributed by atoms with Crippen LogP contribution in [0.5, 0.6) is 0 Å². The molecule has 0 bridgehead atoms. The van der Waals surface area contributed by atoms with Crippen LogP contribution in [-0.4, -0.2) is 45.9 Å². The van der Waals surface area contributed by atoms with Crippen molar-refractivity contribution in [2.45, 2.75) is 31.9 Å². The Morgan fingerprint density at radius 2 is 2.00 bits per heavy atom. The van der Waals surface area contributed by atoms with Gasteiger partial charge in [0.25, 0.3) is 0 Å². The van der Waals surface area contributed by atoms with Crippen LogP contribution in [0.1, 0.15) is 19.8 Å². The lowest BCUT2D eigenvalue weighted by Crippen LogP contribution is -2.42. The summed E-state index contributed by atoms with van der Waals surface area (Å²) < 4.78 is 0. The Hall–Kier alpha value is -1.14. The third-order valence-electron chi connectivity index (χ3n) is 1.53. The van der Waals surface area contributed by atoms with E-state index in [2.05, 4.69) is 5.32 Å². The Morgan fingerprint density at radius 3 is 2.36 bits per heavy atom. The summed E-state index contributed by atoms with van der Waals surface area (Å²) in [5.41, 5.74) is 0. The van der Waals surface area contributed by atoms with E-state index in [4.69, 9.17) is 15.3 Å². The molecule has 0 aromatic rings. The zero-order valence-electron chi connectivity index (χ0n) is 7.93. The molecular formula is C8H15NO5. The Kier molecular flexibility index (Phi) is 5.82. The van der Waals surface area contributed by atoms with Gasteiger partial charge in [-0.05, 0) is 6.92 Å². The predicted octanol–water partition coefficient (Wildman–Crippen LogP) is -1.29. The van der Waals surface area contributed by atoms with E-state index in [0.29, 0.717) is 0 Å². The third-order valence-corrected chi connectivity index (χ3v) is 1.53. The van der Waals surface area contributed by atoms with Gasteiger partial charge in [0.05, 0.1) is 12.5 Å². The van der Waals surface area contributed by atoms with Crippen LogP contribution in [0.3, 0.4) is 0 Å². The largest absolute Gasteiger partial charge is 0.480 e. The van der Waals surface area contributed by atoms with Gasteiger partial charge in [-0.15, -0.1) is 0 Å². The highest BCUT2D eigenvalue weighted by Gasteiger charge is 2.19. The Labute approximate surface area is 81.5 Å². The fraction of sp³-hybridized carbons (Fsp3) is 0.750. The van der Waals surface area contributed by atoms with Gasteiger partial charge in [0, 0.05) is 13.0 Å². The lowest BCUT2D eigenvalue weighted by molar-refractivity contribution is -0.142. The first-order valence-corrected chi connectivity index (χ1v) is 4.28. The number of rotatable bonds is 6. The summed E-state index contributed by atoms with van der Waals surface area (Å²) in [6.45, 7) is 1.12. The van der Waals surface area contributed by atoms with Crippen molar-refractivity contribution in [1.82, 2.24) is 5.32 Å². The van der Waals surface area contributed by atoms with Gasteiger partial charge in [-0.2, -0.15) is 0 Å². The fourth-order valence-corrected chi connectivity index (χ4v) is 0.908. The van der Waals surface area contributed by atoms with Gasteiger partial charge in [0.15, 0.2) is 0 Å².